The van der Waals surface area contributed by atoms with Gasteiger partial charge in [0.05, 0.1) is 17.8 Å². The number of nitrogens with one attached hydrogen (secondary N) is 1. The van der Waals surface area contributed by atoms with Gasteiger partial charge in [0.15, 0.2) is 0 Å². The number of carbonyl (C=O) groups excluding carboxylic acids is 1. The van der Waals surface area contributed by atoms with Crippen LogP contribution in [0.1, 0.15) is 30.4 Å². The molecule has 0 saturated carbocycles. The third-order valence-electron chi connectivity index (χ3n) is 3.60. The van der Waals surface area contributed by atoms with Gasteiger partial charge in [-0.15, -0.1) is 0 Å². The molecule has 1 aromatic carbocycles. The predicted molar refractivity (Wildman–Crippen MR) is 99.4 cm³/mol. The van der Waals surface area contributed by atoms with Crippen molar-refractivity contribution in [1.29, 1.82) is 0 Å². The molecular formula is C19H23F3N2O5. The second-order valence-corrected chi connectivity index (χ2v) is 5.86. The number of hydrogen-bond donors (Lipinski definition) is 2. The fraction of sp³-hybridized carbons (Fsp3) is 0.421. The Bertz CT molecular complexity index is 716. The van der Waals surface area contributed by atoms with E-state index in [0.717, 1.165) is 24.6 Å². The van der Waals surface area contributed by atoms with Crippen LogP contribution in [0.15, 0.2) is 41.6 Å². The molecule has 0 atom stereocenters. The Morgan fingerprint density at radius 2 is 1.83 bits per heavy atom. The van der Waals surface area contributed by atoms with Gasteiger partial charge in [-0.05, 0) is 37.0 Å². The van der Waals surface area contributed by atoms with Crippen molar-refractivity contribution < 1.29 is 37.4 Å². The average Bonchev–Trinajstić information content (AvgIpc) is 2.67. The van der Waals surface area contributed by atoms with Crippen LogP contribution in [-0.4, -0.2) is 49.6 Å². The van der Waals surface area contributed by atoms with Crippen LogP contribution in [0, 0.1) is 0 Å². The molecule has 0 spiro atoms. The number of carbonyl (C=O) groups is 2. The fourth-order valence-corrected chi connectivity index (χ4v) is 2.18. The minimum Gasteiger partial charge on any atom is -0.478 e. The van der Waals surface area contributed by atoms with E-state index < -0.39 is 23.6 Å². The molecule has 1 rings (SSSR count). The lowest BCUT2D eigenvalue weighted by atomic mass is 10.0. The number of oxime groups is 1. The molecule has 29 heavy (non-hydrogen) atoms. The Hall–Kier alpha value is -2.88. The maximum atomic E-state index is 12.7. The zero-order valence-electron chi connectivity index (χ0n) is 15.9. The highest BCUT2D eigenvalue weighted by molar-refractivity contribution is 6.00. The van der Waals surface area contributed by atoms with E-state index >= 15 is 0 Å². The van der Waals surface area contributed by atoms with E-state index in [9.17, 15) is 22.8 Å². The zero-order valence-corrected chi connectivity index (χ0v) is 15.9. The predicted octanol–water partition coefficient (Wildman–Crippen LogP) is 3.00. The highest BCUT2D eigenvalue weighted by atomic mass is 19.4. The van der Waals surface area contributed by atoms with Crippen LogP contribution in [-0.2, 0) is 25.3 Å². The monoisotopic (exact) mass is 416 g/mol. The number of unbranched alkanes of at least 4 members (excludes halogenated alkanes) is 1. The van der Waals surface area contributed by atoms with Crippen LogP contribution in [0.25, 0.3) is 0 Å². The minimum atomic E-state index is -4.42. The highest BCUT2D eigenvalue weighted by Gasteiger charge is 2.30. The van der Waals surface area contributed by atoms with Gasteiger partial charge in [-0.3, -0.25) is 4.79 Å². The first-order valence-corrected chi connectivity index (χ1v) is 8.78. The lowest BCUT2D eigenvalue weighted by Gasteiger charge is -2.10. The Balaban J connectivity index is 2.66. The van der Waals surface area contributed by atoms with E-state index in [1.807, 2.05) is 0 Å². The van der Waals surface area contributed by atoms with E-state index in [2.05, 4.69) is 10.5 Å². The number of methoxy groups -OCH3 is 1. The molecule has 0 unspecified atom stereocenters. The summed E-state index contributed by atoms with van der Waals surface area (Å²) in [6.45, 7) is 0.641. The molecule has 2 N–H and O–H groups in total. The van der Waals surface area contributed by atoms with Crippen molar-refractivity contribution in [2.45, 2.75) is 25.4 Å². The summed E-state index contributed by atoms with van der Waals surface area (Å²) in [6, 6.07) is 4.63. The number of rotatable bonds is 12. The number of alkyl halides is 3. The second-order valence-electron chi connectivity index (χ2n) is 5.86. The van der Waals surface area contributed by atoms with E-state index in [4.69, 9.17) is 14.7 Å². The van der Waals surface area contributed by atoms with Gasteiger partial charge in [-0.1, -0.05) is 17.3 Å². The van der Waals surface area contributed by atoms with Crippen LogP contribution in [0.2, 0.25) is 0 Å². The van der Waals surface area contributed by atoms with Crippen LogP contribution in [0.5, 0.6) is 0 Å². The van der Waals surface area contributed by atoms with Crippen molar-refractivity contribution >= 4 is 17.6 Å². The summed E-state index contributed by atoms with van der Waals surface area (Å²) in [7, 11) is 1.58. The van der Waals surface area contributed by atoms with Gasteiger partial charge in [0, 0.05) is 25.9 Å². The molecule has 0 aliphatic carbocycles. The van der Waals surface area contributed by atoms with Crippen LogP contribution >= 0.6 is 0 Å². The van der Waals surface area contributed by atoms with E-state index in [0.29, 0.717) is 36.8 Å². The van der Waals surface area contributed by atoms with Crippen molar-refractivity contribution in [2.75, 3.05) is 26.9 Å². The lowest BCUT2D eigenvalue weighted by Crippen LogP contribution is -2.25. The number of halogens is 3. The Labute approximate surface area is 166 Å². The largest absolute Gasteiger partial charge is 0.478 e. The molecule has 0 aliphatic heterocycles. The van der Waals surface area contributed by atoms with E-state index in [1.54, 1.807) is 7.11 Å². The molecule has 0 bridgehead atoms. The summed E-state index contributed by atoms with van der Waals surface area (Å²) >= 11 is 0. The summed E-state index contributed by atoms with van der Waals surface area (Å²) in [5.41, 5.74) is 0.230. The van der Waals surface area contributed by atoms with Gasteiger partial charge >= 0.3 is 12.1 Å². The van der Waals surface area contributed by atoms with Crippen molar-refractivity contribution in [2.24, 2.45) is 5.16 Å². The molecule has 0 fully saturated rings. The van der Waals surface area contributed by atoms with Crippen LogP contribution < -0.4 is 5.32 Å². The molecule has 0 radical (unpaired) electrons. The molecule has 0 saturated heterocycles. The number of amides is 1. The molecule has 0 aliphatic rings. The first-order valence-electron chi connectivity index (χ1n) is 8.78. The second kappa shape index (κ2) is 12.6. The number of carboxylic acid groups (broad SMARTS) is 1. The lowest BCUT2D eigenvalue weighted by molar-refractivity contribution is -0.137. The molecular weight excluding hydrogens is 393 g/mol. The quantitative estimate of drug-likeness (QED) is 0.236. The van der Waals surface area contributed by atoms with Gasteiger partial charge in [0.2, 0.25) is 5.91 Å². The smallest absolute Gasteiger partial charge is 0.416 e. The fourth-order valence-electron chi connectivity index (χ4n) is 2.18. The van der Waals surface area contributed by atoms with Crippen molar-refractivity contribution in [3.63, 3.8) is 0 Å². The molecule has 10 heteroatoms. The number of carboxylic acids is 1. The Kier molecular flexibility index (Phi) is 10.5. The molecule has 0 heterocycles. The van der Waals surface area contributed by atoms with Gasteiger partial charge < -0.3 is 20.0 Å². The summed E-state index contributed by atoms with van der Waals surface area (Å²) in [5, 5.41) is 14.8. The van der Waals surface area contributed by atoms with Crippen molar-refractivity contribution in [3.05, 3.63) is 47.5 Å². The maximum absolute atomic E-state index is 12.7. The normalized spacial score (nSPS) is 12.2. The zero-order chi connectivity index (χ0) is 21.7. The molecule has 1 aromatic rings. The first-order chi connectivity index (χ1) is 13.7. The minimum absolute atomic E-state index is 0.00879. The van der Waals surface area contributed by atoms with Crippen molar-refractivity contribution in [1.82, 2.24) is 5.32 Å². The van der Waals surface area contributed by atoms with Gasteiger partial charge in [0.1, 0.15) is 6.61 Å². The summed E-state index contributed by atoms with van der Waals surface area (Å²) in [4.78, 5) is 26.8. The average molecular weight is 416 g/mol. The molecule has 160 valence electrons. The van der Waals surface area contributed by atoms with E-state index in [-0.39, 0.29) is 13.2 Å². The summed E-state index contributed by atoms with van der Waals surface area (Å²) < 4.78 is 43.1. The van der Waals surface area contributed by atoms with Crippen molar-refractivity contribution in [3.8, 4) is 0 Å². The standard InChI is InChI=1S/C19H23F3N2O5/c1-28-12-3-2-4-16(14-5-7-15(8-6-14)19(20,21)22)24-29-13-11-23-17(25)9-10-18(26)27/h5-10H,2-4,11-13H2,1H3,(H,23,25)(H,26,27)/b10-9-,24-16-. The number of hydrogen-bond acceptors (Lipinski definition) is 5. The Morgan fingerprint density at radius 1 is 1.14 bits per heavy atom. The number of benzene rings is 1. The topological polar surface area (TPSA) is 97.2 Å². The molecule has 1 amide bonds. The maximum Gasteiger partial charge on any atom is 0.416 e. The van der Waals surface area contributed by atoms with Gasteiger partial charge in [0.25, 0.3) is 0 Å². The first kappa shape index (κ1) is 24.2. The summed E-state index contributed by atoms with van der Waals surface area (Å²) in [6.07, 6.45) is -0.914. The van der Waals surface area contributed by atoms with Gasteiger partial charge in [-0.2, -0.15) is 13.2 Å². The Morgan fingerprint density at radius 3 is 2.41 bits per heavy atom. The third kappa shape index (κ3) is 10.3. The van der Waals surface area contributed by atoms with Crippen LogP contribution in [0.3, 0.4) is 0 Å². The van der Waals surface area contributed by atoms with E-state index in [1.165, 1.54) is 12.1 Å². The number of ether oxygens (including phenoxy) is 1. The molecule has 0 aromatic heterocycles. The highest BCUT2D eigenvalue weighted by Crippen LogP contribution is 2.29. The summed E-state index contributed by atoms with van der Waals surface area (Å²) in [5.74, 6) is -1.84. The number of aliphatic carboxylic acids is 1. The number of nitrogens with zero attached hydrogens (tertiary/aromatic N) is 1. The SMILES string of the molecule is COCCCC/C(=N/OCCNC(=O)/C=C\C(=O)O)c1ccc(C(F)(F)F)cc1. The third-order valence-corrected chi connectivity index (χ3v) is 3.60. The molecule has 7 nitrogen and oxygen atoms in total. The van der Waals surface area contributed by atoms with Crippen LogP contribution in [0.4, 0.5) is 13.2 Å². The van der Waals surface area contributed by atoms with Gasteiger partial charge in [-0.25, -0.2) is 4.79 Å².